The van der Waals surface area contributed by atoms with E-state index in [1.807, 2.05) is 20.8 Å². The molecule has 2 rings (SSSR count). The number of anilines is 1. The molecule has 0 bridgehead atoms. The molecule has 0 spiro atoms. The minimum Gasteiger partial charge on any atom is -0.350 e. The van der Waals surface area contributed by atoms with Crippen molar-refractivity contribution in [3.63, 3.8) is 0 Å². The van der Waals surface area contributed by atoms with E-state index in [1.165, 1.54) is 31.1 Å². The Hall–Kier alpha value is -2.69. The molecule has 0 radical (unpaired) electrons. The zero-order valence-corrected chi connectivity index (χ0v) is 23.0. The highest BCUT2D eigenvalue weighted by atomic mass is 35.5. The molecule has 11 heteroatoms. The predicted octanol–water partition coefficient (Wildman–Crippen LogP) is 3.81. The van der Waals surface area contributed by atoms with Crippen LogP contribution in [0.25, 0.3) is 0 Å². The number of amides is 2. The van der Waals surface area contributed by atoms with Gasteiger partial charge < -0.3 is 10.2 Å². The lowest BCUT2D eigenvalue weighted by molar-refractivity contribution is -0.141. The number of nitrogens with zero attached hydrogens (tertiary/aromatic N) is 3. The fourth-order valence-corrected chi connectivity index (χ4v) is 4.67. The zero-order valence-electron chi connectivity index (χ0n) is 21.5. The van der Waals surface area contributed by atoms with Crippen molar-refractivity contribution in [2.24, 2.45) is 0 Å². The van der Waals surface area contributed by atoms with Gasteiger partial charge in [0.2, 0.25) is 11.8 Å². The van der Waals surface area contributed by atoms with Crippen molar-refractivity contribution >= 4 is 39.3 Å². The average molecular weight is 541 g/mol. The number of rotatable bonds is 10. The smallest absolute Gasteiger partial charge is 0.304 e. The average Bonchev–Trinajstić information content (AvgIpc) is 2.77. The maximum atomic E-state index is 13.7. The van der Waals surface area contributed by atoms with E-state index in [4.69, 9.17) is 11.6 Å². The third-order valence-electron chi connectivity index (χ3n) is 5.28. The number of carbonyl (C=O) groups excluding carboxylic acids is 2. The number of benzene rings is 2. The van der Waals surface area contributed by atoms with Gasteiger partial charge in [-0.25, -0.2) is 8.70 Å². The largest absolute Gasteiger partial charge is 0.350 e. The molecule has 0 unspecified atom stereocenters. The summed E-state index contributed by atoms with van der Waals surface area (Å²) in [6.45, 7) is 6.77. The summed E-state index contributed by atoms with van der Waals surface area (Å²) in [4.78, 5) is 28.3. The fraction of sp³-hybridized carbons (Fsp3) is 0.440. The third kappa shape index (κ3) is 7.91. The predicted molar refractivity (Wildman–Crippen MR) is 140 cm³/mol. The molecule has 0 heterocycles. The van der Waals surface area contributed by atoms with E-state index in [9.17, 15) is 22.4 Å². The van der Waals surface area contributed by atoms with Crippen molar-refractivity contribution < 1.29 is 22.4 Å². The van der Waals surface area contributed by atoms with Crippen LogP contribution < -0.4 is 9.62 Å². The van der Waals surface area contributed by atoms with Gasteiger partial charge in [0, 0.05) is 31.2 Å². The Morgan fingerprint density at radius 3 is 2.06 bits per heavy atom. The summed E-state index contributed by atoms with van der Waals surface area (Å²) in [6.07, 6.45) is 0.304. The second-order valence-corrected chi connectivity index (χ2v) is 12.1. The molecule has 0 aromatic heterocycles. The van der Waals surface area contributed by atoms with Crippen molar-refractivity contribution in [3.8, 4) is 0 Å². The summed E-state index contributed by atoms with van der Waals surface area (Å²) in [6, 6.07) is 10.8. The van der Waals surface area contributed by atoms with Crippen molar-refractivity contribution in [2.75, 3.05) is 24.9 Å². The Kier molecular flexibility index (Phi) is 9.87. The molecule has 0 aliphatic rings. The van der Waals surface area contributed by atoms with Crippen molar-refractivity contribution in [3.05, 3.63) is 64.9 Å². The van der Waals surface area contributed by atoms with Gasteiger partial charge in [-0.1, -0.05) is 30.7 Å². The maximum Gasteiger partial charge on any atom is 0.304 e. The first-order chi connectivity index (χ1) is 16.7. The molecule has 0 aliphatic heterocycles. The monoisotopic (exact) mass is 540 g/mol. The van der Waals surface area contributed by atoms with Crippen LogP contribution in [0.4, 0.5) is 10.1 Å². The van der Waals surface area contributed by atoms with E-state index in [2.05, 4.69) is 5.32 Å². The molecule has 0 saturated carbocycles. The van der Waals surface area contributed by atoms with Crippen LogP contribution in [0.5, 0.6) is 0 Å². The molecule has 1 N–H and O–H groups in total. The normalized spacial score (nSPS) is 12.8. The Morgan fingerprint density at radius 1 is 1.03 bits per heavy atom. The van der Waals surface area contributed by atoms with E-state index in [0.29, 0.717) is 11.4 Å². The van der Waals surface area contributed by atoms with Crippen LogP contribution in [-0.4, -0.2) is 61.7 Å². The summed E-state index contributed by atoms with van der Waals surface area (Å²) in [5.74, 6) is -1.48. The van der Waals surface area contributed by atoms with Crippen LogP contribution in [0, 0.1) is 5.82 Å². The van der Waals surface area contributed by atoms with Gasteiger partial charge in [0.15, 0.2) is 0 Å². The molecule has 8 nitrogen and oxygen atoms in total. The summed E-state index contributed by atoms with van der Waals surface area (Å²) >= 11 is 6.00. The Balaban J connectivity index is 2.50. The second-order valence-electron chi connectivity index (χ2n) is 9.58. The second kappa shape index (κ2) is 12.0. The van der Waals surface area contributed by atoms with Gasteiger partial charge in [-0.2, -0.15) is 12.7 Å². The van der Waals surface area contributed by atoms with Gasteiger partial charge in [0.05, 0.1) is 5.69 Å². The number of nitrogens with one attached hydrogen (secondary N) is 1. The van der Waals surface area contributed by atoms with E-state index in [0.717, 1.165) is 26.3 Å². The summed E-state index contributed by atoms with van der Waals surface area (Å²) in [7, 11) is -1.43. The third-order valence-corrected chi connectivity index (χ3v) is 7.36. The summed E-state index contributed by atoms with van der Waals surface area (Å²) in [5.41, 5.74) is 0.309. The Morgan fingerprint density at radius 2 is 1.58 bits per heavy atom. The number of carbonyl (C=O) groups is 2. The first kappa shape index (κ1) is 29.5. The van der Waals surface area contributed by atoms with Gasteiger partial charge in [-0.15, -0.1) is 0 Å². The van der Waals surface area contributed by atoms with Gasteiger partial charge in [-0.3, -0.25) is 9.59 Å². The standard InChI is InChI=1S/C25H34ClFN4O4S/c1-7-22(24(33)28-25(2,3)4)30(16-18-8-10-19(26)11-9-18)23(32)17-31(36(34,35)29(5)6)21-14-12-20(27)13-15-21/h8-15,22H,7,16-17H2,1-6H3,(H,28,33)/t22-/m0/s1. The van der Waals surface area contributed by atoms with Gasteiger partial charge in [0.25, 0.3) is 0 Å². The number of hydrogen-bond donors (Lipinski definition) is 1. The van der Waals surface area contributed by atoms with Gasteiger partial charge in [0.1, 0.15) is 18.4 Å². The van der Waals surface area contributed by atoms with E-state index < -0.39 is 40.1 Å². The Labute approximate surface area is 218 Å². The molecular weight excluding hydrogens is 507 g/mol. The zero-order chi connectivity index (χ0) is 27.3. The fourth-order valence-electron chi connectivity index (χ4n) is 3.48. The van der Waals surface area contributed by atoms with Gasteiger partial charge in [-0.05, 0) is 69.2 Å². The molecule has 198 valence electrons. The highest BCUT2D eigenvalue weighted by molar-refractivity contribution is 7.90. The molecule has 2 aromatic carbocycles. The molecule has 2 amide bonds. The first-order valence-electron chi connectivity index (χ1n) is 11.5. The van der Waals surface area contributed by atoms with Crippen molar-refractivity contribution in [1.82, 2.24) is 14.5 Å². The Bertz CT molecular complexity index is 1150. The number of halogens is 2. The lowest BCUT2D eigenvalue weighted by Crippen LogP contribution is -2.55. The van der Waals surface area contributed by atoms with Gasteiger partial charge >= 0.3 is 10.2 Å². The van der Waals surface area contributed by atoms with Crippen LogP contribution in [0.3, 0.4) is 0 Å². The SMILES string of the molecule is CC[C@@H](C(=O)NC(C)(C)C)N(Cc1ccc(Cl)cc1)C(=O)CN(c1ccc(F)cc1)S(=O)(=O)N(C)C. The van der Waals surface area contributed by atoms with E-state index in [1.54, 1.807) is 31.2 Å². The van der Waals surface area contributed by atoms with E-state index >= 15 is 0 Å². The van der Waals surface area contributed by atoms with E-state index in [-0.39, 0.29) is 18.1 Å². The summed E-state index contributed by atoms with van der Waals surface area (Å²) in [5, 5.41) is 3.43. The van der Waals surface area contributed by atoms with Crippen LogP contribution in [0.2, 0.25) is 5.02 Å². The molecule has 1 atom stereocenters. The highest BCUT2D eigenvalue weighted by Gasteiger charge is 2.34. The van der Waals surface area contributed by atoms with Crippen LogP contribution in [0.1, 0.15) is 39.7 Å². The maximum absolute atomic E-state index is 13.7. The van der Waals surface area contributed by atoms with Crippen molar-refractivity contribution in [2.45, 2.75) is 52.2 Å². The van der Waals surface area contributed by atoms with Crippen LogP contribution >= 0.6 is 11.6 Å². The summed E-state index contributed by atoms with van der Waals surface area (Å²) < 4.78 is 41.7. The molecule has 0 aliphatic carbocycles. The molecule has 2 aromatic rings. The number of hydrogen-bond acceptors (Lipinski definition) is 4. The lowest BCUT2D eigenvalue weighted by atomic mass is 10.1. The quantitative estimate of drug-likeness (QED) is 0.496. The van der Waals surface area contributed by atoms with Crippen LogP contribution in [-0.2, 0) is 26.3 Å². The lowest BCUT2D eigenvalue weighted by Gasteiger charge is -2.35. The minimum absolute atomic E-state index is 0.0609. The minimum atomic E-state index is -4.11. The molecular formula is C25H34ClFN4O4S. The van der Waals surface area contributed by atoms with Crippen molar-refractivity contribution in [1.29, 1.82) is 0 Å². The highest BCUT2D eigenvalue weighted by Crippen LogP contribution is 2.22. The van der Waals surface area contributed by atoms with Crippen LogP contribution in [0.15, 0.2) is 48.5 Å². The topological polar surface area (TPSA) is 90.0 Å². The molecule has 0 saturated heterocycles. The first-order valence-corrected chi connectivity index (χ1v) is 13.2. The molecule has 36 heavy (non-hydrogen) atoms. The molecule has 0 fully saturated rings.